The van der Waals surface area contributed by atoms with E-state index in [2.05, 4.69) is 30.6 Å². The van der Waals surface area contributed by atoms with Crippen LogP contribution in [0.1, 0.15) is 65.7 Å². The van der Waals surface area contributed by atoms with Crippen LogP contribution in [0.2, 0.25) is 0 Å². The molecule has 1 saturated heterocycles. The lowest BCUT2D eigenvalue weighted by atomic mass is 9.91. The lowest BCUT2D eigenvalue weighted by Gasteiger charge is -2.45. The SMILES string of the molecule is CCCCCCCC(C)(CN)N1CCN(CCC)CC1. The van der Waals surface area contributed by atoms with E-state index in [0.717, 1.165) is 6.54 Å². The number of nitrogens with zero attached hydrogens (tertiary/aromatic N) is 2. The van der Waals surface area contributed by atoms with E-state index in [-0.39, 0.29) is 5.54 Å². The normalized spacial score (nSPS) is 21.0. The van der Waals surface area contributed by atoms with Gasteiger partial charge in [0.2, 0.25) is 0 Å². The number of unbranched alkanes of at least 4 members (excludes halogenated alkanes) is 4. The van der Waals surface area contributed by atoms with Crippen molar-refractivity contribution in [1.82, 2.24) is 9.80 Å². The summed E-state index contributed by atoms with van der Waals surface area (Å²) in [4.78, 5) is 5.24. The van der Waals surface area contributed by atoms with Crippen molar-refractivity contribution in [2.75, 3.05) is 39.3 Å². The van der Waals surface area contributed by atoms with E-state index >= 15 is 0 Å². The Kier molecular flexibility index (Phi) is 8.74. The highest BCUT2D eigenvalue weighted by Gasteiger charge is 2.32. The highest BCUT2D eigenvalue weighted by atomic mass is 15.3. The lowest BCUT2D eigenvalue weighted by Crippen LogP contribution is -2.58. The predicted molar refractivity (Wildman–Crippen MR) is 89.1 cm³/mol. The van der Waals surface area contributed by atoms with Crippen LogP contribution in [-0.4, -0.2) is 54.6 Å². The number of rotatable bonds is 10. The fourth-order valence-corrected chi connectivity index (χ4v) is 3.33. The Labute approximate surface area is 126 Å². The van der Waals surface area contributed by atoms with E-state index in [1.54, 1.807) is 0 Å². The number of hydrogen-bond donors (Lipinski definition) is 1. The van der Waals surface area contributed by atoms with Crippen molar-refractivity contribution in [3.63, 3.8) is 0 Å². The quantitative estimate of drug-likeness (QED) is 0.625. The fraction of sp³-hybridized carbons (Fsp3) is 1.00. The highest BCUT2D eigenvalue weighted by Crippen LogP contribution is 2.23. The van der Waals surface area contributed by atoms with Crippen molar-refractivity contribution in [2.45, 2.75) is 71.3 Å². The molecule has 1 heterocycles. The fourth-order valence-electron chi connectivity index (χ4n) is 3.33. The standard InChI is InChI=1S/C17H37N3/c1-4-6-7-8-9-10-17(3,16-18)20-14-12-19(11-5-2)13-15-20/h4-16,18H2,1-3H3. The molecule has 1 atom stereocenters. The molecule has 0 saturated carbocycles. The Bertz CT molecular complexity index is 236. The molecular weight excluding hydrogens is 246 g/mol. The van der Waals surface area contributed by atoms with E-state index in [4.69, 9.17) is 5.73 Å². The van der Waals surface area contributed by atoms with Gasteiger partial charge in [0.15, 0.2) is 0 Å². The van der Waals surface area contributed by atoms with Crippen LogP contribution in [0.5, 0.6) is 0 Å². The Morgan fingerprint density at radius 2 is 1.55 bits per heavy atom. The maximum atomic E-state index is 6.12. The summed E-state index contributed by atoms with van der Waals surface area (Å²) in [6.07, 6.45) is 9.35. The van der Waals surface area contributed by atoms with Crippen molar-refractivity contribution >= 4 is 0 Å². The van der Waals surface area contributed by atoms with Gasteiger partial charge in [-0.15, -0.1) is 0 Å². The summed E-state index contributed by atoms with van der Waals surface area (Å²) in [5.74, 6) is 0. The average Bonchev–Trinajstić information content (AvgIpc) is 2.48. The Morgan fingerprint density at radius 1 is 0.900 bits per heavy atom. The van der Waals surface area contributed by atoms with Gasteiger partial charge >= 0.3 is 0 Å². The molecule has 0 radical (unpaired) electrons. The zero-order valence-electron chi connectivity index (χ0n) is 14.2. The summed E-state index contributed by atoms with van der Waals surface area (Å²) >= 11 is 0. The molecule has 0 spiro atoms. The van der Waals surface area contributed by atoms with Gasteiger partial charge in [0.1, 0.15) is 0 Å². The van der Waals surface area contributed by atoms with Crippen LogP contribution in [0.3, 0.4) is 0 Å². The molecule has 1 rings (SSSR count). The second-order valence-electron chi connectivity index (χ2n) is 6.69. The van der Waals surface area contributed by atoms with Gasteiger partial charge in [-0.3, -0.25) is 4.90 Å². The maximum Gasteiger partial charge on any atom is 0.0304 e. The lowest BCUT2D eigenvalue weighted by molar-refractivity contribution is 0.0399. The maximum absolute atomic E-state index is 6.12. The summed E-state index contributed by atoms with van der Waals surface area (Å²) in [5, 5.41) is 0. The number of hydrogen-bond acceptors (Lipinski definition) is 3. The molecule has 0 aliphatic carbocycles. The van der Waals surface area contributed by atoms with Gasteiger partial charge in [-0.05, 0) is 26.3 Å². The first-order valence-corrected chi connectivity index (χ1v) is 8.83. The molecule has 0 bridgehead atoms. The summed E-state index contributed by atoms with van der Waals surface area (Å²) in [6.45, 7) is 13.8. The van der Waals surface area contributed by atoms with Crippen LogP contribution in [-0.2, 0) is 0 Å². The van der Waals surface area contributed by atoms with E-state index < -0.39 is 0 Å². The van der Waals surface area contributed by atoms with Crippen molar-refractivity contribution in [2.24, 2.45) is 5.73 Å². The minimum absolute atomic E-state index is 0.227. The molecule has 0 aromatic heterocycles. The van der Waals surface area contributed by atoms with Crippen LogP contribution >= 0.6 is 0 Å². The summed E-state index contributed by atoms with van der Waals surface area (Å²) in [7, 11) is 0. The molecule has 20 heavy (non-hydrogen) atoms. The molecular formula is C17H37N3. The highest BCUT2D eigenvalue weighted by molar-refractivity contribution is 4.90. The van der Waals surface area contributed by atoms with Gasteiger partial charge < -0.3 is 10.6 Å². The molecule has 0 aromatic rings. The third kappa shape index (κ3) is 5.71. The molecule has 1 unspecified atom stereocenters. The molecule has 1 aliphatic heterocycles. The number of piperazine rings is 1. The van der Waals surface area contributed by atoms with Crippen molar-refractivity contribution in [3.05, 3.63) is 0 Å². The van der Waals surface area contributed by atoms with Crippen LogP contribution in [0, 0.1) is 0 Å². The Balaban J connectivity index is 2.32. The summed E-state index contributed by atoms with van der Waals surface area (Å²) in [6, 6.07) is 0. The first-order chi connectivity index (χ1) is 9.66. The van der Waals surface area contributed by atoms with Crippen LogP contribution in [0.25, 0.3) is 0 Å². The van der Waals surface area contributed by atoms with E-state index in [0.29, 0.717) is 0 Å². The summed E-state index contributed by atoms with van der Waals surface area (Å²) in [5.41, 5.74) is 6.34. The van der Waals surface area contributed by atoms with Crippen LogP contribution < -0.4 is 5.73 Å². The monoisotopic (exact) mass is 283 g/mol. The molecule has 0 amide bonds. The third-order valence-corrected chi connectivity index (χ3v) is 4.93. The molecule has 120 valence electrons. The zero-order valence-corrected chi connectivity index (χ0v) is 14.2. The second kappa shape index (κ2) is 9.75. The van der Waals surface area contributed by atoms with Crippen LogP contribution in [0.4, 0.5) is 0 Å². The first-order valence-electron chi connectivity index (χ1n) is 8.83. The minimum Gasteiger partial charge on any atom is -0.329 e. The van der Waals surface area contributed by atoms with Crippen molar-refractivity contribution < 1.29 is 0 Å². The molecule has 1 fully saturated rings. The molecule has 3 heteroatoms. The molecule has 1 aliphatic rings. The van der Waals surface area contributed by atoms with Gasteiger partial charge in [0, 0.05) is 38.3 Å². The molecule has 0 aromatic carbocycles. The number of nitrogens with two attached hydrogens (primary N) is 1. The van der Waals surface area contributed by atoms with Gasteiger partial charge in [0.25, 0.3) is 0 Å². The molecule has 3 nitrogen and oxygen atoms in total. The van der Waals surface area contributed by atoms with Crippen molar-refractivity contribution in [1.29, 1.82) is 0 Å². The Morgan fingerprint density at radius 3 is 2.10 bits per heavy atom. The van der Waals surface area contributed by atoms with E-state index in [9.17, 15) is 0 Å². The van der Waals surface area contributed by atoms with Gasteiger partial charge in [-0.1, -0.05) is 46.0 Å². The predicted octanol–water partition coefficient (Wildman–Crippen LogP) is 3.09. The first kappa shape index (κ1) is 17.9. The van der Waals surface area contributed by atoms with Crippen molar-refractivity contribution in [3.8, 4) is 0 Å². The Hall–Kier alpha value is -0.120. The smallest absolute Gasteiger partial charge is 0.0304 e. The zero-order chi connectivity index (χ0) is 14.8. The van der Waals surface area contributed by atoms with Crippen LogP contribution in [0.15, 0.2) is 0 Å². The second-order valence-corrected chi connectivity index (χ2v) is 6.69. The third-order valence-electron chi connectivity index (χ3n) is 4.93. The largest absolute Gasteiger partial charge is 0.329 e. The van der Waals surface area contributed by atoms with Gasteiger partial charge in [0.05, 0.1) is 0 Å². The van der Waals surface area contributed by atoms with E-state index in [1.165, 1.54) is 77.7 Å². The summed E-state index contributed by atoms with van der Waals surface area (Å²) < 4.78 is 0. The average molecular weight is 284 g/mol. The topological polar surface area (TPSA) is 32.5 Å². The minimum atomic E-state index is 0.227. The van der Waals surface area contributed by atoms with Gasteiger partial charge in [-0.2, -0.15) is 0 Å². The molecule has 2 N–H and O–H groups in total. The van der Waals surface area contributed by atoms with E-state index in [1.807, 2.05) is 0 Å². The van der Waals surface area contributed by atoms with Gasteiger partial charge in [-0.25, -0.2) is 0 Å².